The number of benzene rings is 2. The van der Waals surface area contributed by atoms with E-state index in [-0.39, 0.29) is 35.0 Å². The topological polar surface area (TPSA) is 156 Å². The maximum absolute atomic E-state index is 15.2. The first kappa shape index (κ1) is 50.8. The summed E-state index contributed by atoms with van der Waals surface area (Å²) >= 11 is 6.87. The summed E-state index contributed by atoms with van der Waals surface area (Å²) in [7, 11) is 3.02. The van der Waals surface area contributed by atoms with E-state index in [1.54, 1.807) is 26.2 Å². The number of methoxy groups -OCH3 is 1. The van der Waals surface area contributed by atoms with Gasteiger partial charge in [-0.1, -0.05) is 90.8 Å². The molecule has 12 heteroatoms. The van der Waals surface area contributed by atoms with Crippen LogP contribution in [-0.4, -0.2) is 60.7 Å². The highest BCUT2D eigenvalue weighted by atomic mass is 35.5. The van der Waals surface area contributed by atoms with Gasteiger partial charge in [0.1, 0.15) is 11.4 Å². The van der Waals surface area contributed by atoms with Crippen molar-refractivity contribution in [3.05, 3.63) is 75.6 Å². The Morgan fingerprint density at radius 2 is 1.69 bits per heavy atom. The molecule has 6 N–H and O–H groups in total. The summed E-state index contributed by atoms with van der Waals surface area (Å²) in [6, 6.07) is 10.1. The van der Waals surface area contributed by atoms with Gasteiger partial charge in [0, 0.05) is 59.6 Å². The molecule has 0 bridgehead atoms. The number of ether oxygens (including phenoxy) is 1. The highest BCUT2D eigenvalue weighted by Gasteiger charge is 2.29. The molecule has 2 atom stereocenters. The molecular weight excluding hydrogens is 769 g/mol. The number of aromatic nitrogens is 1. The summed E-state index contributed by atoms with van der Waals surface area (Å²) in [6.45, 7) is 16.9. The molecular formula is C47H69ClFN5O5. The van der Waals surface area contributed by atoms with Crippen LogP contribution in [0, 0.1) is 24.6 Å². The van der Waals surface area contributed by atoms with E-state index in [4.69, 9.17) is 27.2 Å². The summed E-state index contributed by atoms with van der Waals surface area (Å²) in [5, 5.41) is 16.6. The van der Waals surface area contributed by atoms with E-state index in [0.717, 1.165) is 62.8 Å². The van der Waals surface area contributed by atoms with Gasteiger partial charge in [-0.25, -0.2) is 9.37 Å². The lowest BCUT2D eigenvalue weighted by Gasteiger charge is -2.35. The van der Waals surface area contributed by atoms with Gasteiger partial charge in [-0.3, -0.25) is 14.4 Å². The van der Waals surface area contributed by atoms with Crippen LogP contribution in [0.1, 0.15) is 117 Å². The first-order valence-electron chi connectivity index (χ1n) is 21.2. The average molecular weight is 839 g/mol. The fourth-order valence-corrected chi connectivity index (χ4v) is 7.11. The number of aryl methyl sites for hydroxylation is 1. The number of hydrogen-bond acceptors (Lipinski definition) is 7. The van der Waals surface area contributed by atoms with Crippen molar-refractivity contribution in [3.8, 4) is 28.3 Å². The van der Waals surface area contributed by atoms with Crippen molar-refractivity contribution in [1.82, 2.24) is 15.6 Å². The minimum Gasteiger partial charge on any atom is -0.481 e. The number of rotatable bonds is 17. The summed E-state index contributed by atoms with van der Waals surface area (Å²) in [6.07, 6.45) is 11.6. The molecule has 59 heavy (non-hydrogen) atoms. The van der Waals surface area contributed by atoms with Gasteiger partial charge in [0.15, 0.2) is 0 Å². The molecule has 4 rings (SSSR count). The molecule has 3 amide bonds. The van der Waals surface area contributed by atoms with Crippen LogP contribution in [0.2, 0.25) is 5.02 Å². The van der Waals surface area contributed by atoms with E-state index in [2.05, 4.69) is 55.6 Å². The molecule has 0 fully saturated rings. The molecule has 1 heterocycles. The second-order valence-corrected chi connectivity index (χ2v) is 15.6. The zero-order valence-corrected chi connectivity index (χ0v) is 37.8. The Bertz CT molecular complexity index is 1880. The molecule has 1 aromatic heterocycles. The monoisotopic (exact) mass is 837 g/mol. The standard InChI is InChI=1S/C28H28ClFN4O3.C16H33NO.C3H8O/c1-15-22(33-27(36)20(12-13-31)26(35)32-2)11-10-21(30)24(15)19-9-5-8-18(25(19)29)23-14-16-6-4-7-17(16)28(34-23)37-3;1-7-13(5)11-12-16(9-3,10-4)17-15(18)14(6)8-2;1-2-3-4/h5,8-12,14H,4,6-7,13,31H2,1-3H3,(H,32,35)(H,33,36);13-14H,7-12H2,1-6H3,(H,17,18);4H,2-3H2,1H3/b20-12+;;. The SMILES string of the molecule is CCC(C)CCC(CC)(CC)NC(=O)C(C)CC.CCCO.CNC(=O)/C(=C\CN)C(=O)Nc1ccc(F)c(-c2cccc(-c3cc4c(c(OC)n3)CCC4)c2Cl)c1C. The first-order chi connectivity index (χ1) is 28.2. The Hall–Kier alpha value is -4.32. The van der Waals surface area contributed by atoms with E-state index < -0.39 is 17.6 Å². The highest BCUT2D eigenvalue weighted by Crippen LogP contribution is 2.42. The predicted molar refractivity (Wildman–Crippen MR) is 240 cm³/mol. The van der Waals surface area contributed by atoms with Crippen molar-refractivity contribution >= 4 is 35.0 Å². The van der Waals surface area contributed by atoms with Gasteiger partial charge < -0.3 is 31.5 Å². The lowest BCUT2D eigenvalue weighted by atomic mass is 9.84. The quantitative estimate of drug-likeness (QED) is 0.0515. The van der Waals surface area contributed by atoms with Gasteiger partial charge in [-0.05, 0) is 100.0 Å². The zero-order chi connectivity index (χ0) is 44.3. The van der Waals surface area contributed by atoms with Crippen molar-refractivity contribution < 1.29 is 28.6 Å². The van der Waals surface area contributed by atoms with Crippen LogP contribution >= 0.6 is 11.6 Å². The fraction of sp³-hybridized carbons (Fsp3) is 0.532. The number of halogens is 2. The van der Waals surface area contributed by atoms with Crippen LogP contribution in [0.3, 0.4) is 0 Å². The number of carbonyl (C=O) groups is 3. The molecule has 0 radical (unpaired) electrons. The normalized spacial score (nSPS) is 13.2. The molecule has 2 aromatic carbocycles. The van der Waals surface area contributed by atoms with Crippen LogP contribution < -0.4 is 26.4 Å². The number of aliphatic hydroxyl groups excluding tert-OH is 1. The maximum atomic E-state index is 15.2. The van der Waals surface area contributed by atoms with Gasteiger partial charge >= 0.3 is 0 Å². The molecule has 10 nitrogen and oxygen atoms in total. The number of nitrogens with one attached hydrogen (secondary N) is 3. The zero-order valence-electron chi connectivity index (χ0n) is 37.0. The molecule has 1 aliphatic carbocycles. The molecule has 0 aliphatic heterocycles. The third kappa shape index (κ3) is 13.9. The summed E-state index contributed by atoms with van der Waals surface area (Å²) in [5.41, 5.74) is 10.5. The van der Waals surface area contributed by atoms with Crippen molar-refractivity contribution in [2.45, 2.75) is 125 Å². The van der Waals surface area contributed by atoms with E-state index in [9.17, 15) is 14.4 Å². The third-order valence-corrected chi connectivity index (χ3v) is 11.7. The Morgan fingerprint density at radius 3 is 2.25 bits per heavy atom. The Balaban J connectivity index is 0.000000457. The third-order valence-electron chi connectivity index (χ3n) is 11.3. The van der Waals surface area contributed by atoms with Crippen molar-refractivity contribution in [1.29, 1.82) is 0 Å². The number of pyridine rings is 1. The number of nitrogens with two attached hydrogens (primary N) is 1. The van der Waals surface area contributed by atoms with Crippen LogP contribution in [0.4, 0.5) is 10.1 Å². The Labute approximate surface area is 357 Å². The first-order valence-corrected chi connectivity index (χ1v) is 21.6. The van der Waals surface area contributed by atoms with Gasteiger partial charge in [0.2, 0.25) is 11.8 Å². The molecule has 0 saturated heterocycles. The number of amides is 3. The molecule has 326 valence electrons. The smallest absolute Gasteiger partial charge is 0.260 e. The lowest BCUT2D eigenvalue weighted by Crippen LogP contribution is -2.49. The van der Waals surface area contributed by atoms with Crippen LogP contribution in [0.5, 0.6) is 5.88 Å². The number of aliphatic hydroxyl groups is 1. The number of anilines is 1. The van der Waals surface area contributed by atoms with E-state index in [1.807, 2.05) is 26.0 Å². The lowest BCUT2D eigenvalue weighted by molar-refractivity contribution is -0.127. The van der Waals surface area contributed by atoms with E-state index in [1.165, 1.54) is 43.7 Å². The average Bonchev–Trinajstić information content (AvgIpc) is 3.74. The van der Waals surface area contributed by atoms with Crippen LogP contribution in [0.25, 0.3) is 22.4 Å². The highest BCUT2D eigenvalue weighted by molar-refractivity contribution is 6.36. The second-order valence-electron chi connectivity index (χ2n) is 15.2. The van der Waals surface area contributed by atoms with Crippen LogP contribution in [0.15, 0.2) is 48.0 Å². The van der Waals surface area contributed by atoms with Gasteiger partial charge in [0.25, 0.3) is 11.8 Å². The number of likely N-dealkylation sites (N-methyl/N-ethyl adjacent to an activating group) is 1. The number of hydrogen-bond donors (Lipinski definition) is 5. The largest absolute Gasteiger partial charge is 0.481 e. The minimum atomic E-state index is -0.653. The van der Waals surface area contributed by atoms with Gasteiger partial charge in [0.05, 0.1) is 17.8 Å². The fourth-order valence-electron chi connectivity index (χ4n) is 6.79. The van der Waals surface area contributed by atoms with Crippen molar-refractivity contribution in [2.75, 3.05) is 32.6 Å². The maximum Gasteiger partial charge on any atom is 0.260 e. The molecule has 0 saturated carbocycles. The Kier molecular flexibility index (Phi) is 21.8. The van der Waals surface area contributed by atoms with E-state index in [0.29, 0.717) is 45.6 Å². The Morgan fingerprint density at radius 1 is 1.03 bits per heavy atom. The van der Waals surface area contributed by atoms with Gasteiger partial charge in [-0.2, -0.15) is 0 Å². The van der Waals surface area contributed by atoms with Crippen molar-refractivity contribution in [3.63, 3.8) is 0 Å². The predicted octanol–water partition coefficient (Wildman–Crippen LogP) is 9.51. The molecule has 1 aliphatic rings. The molecule has 0 spiro atoms. The second kappa shape index (κ2) is 25.3. The number of fused-ring (bicyclic) bond motifs is 1. The minimum absolute atomic E-state index is 0.00768. The number of carbonyl (C=O) groups excluding carboxylic acids is 3. The summed E-state index contributed by atoms with van der Waals surface area (Å²) in [5.74, 6) is -0.0378. The number of nitrogens with zero attached hydrogens (tertiary/aromatic N) is 1. The molecule has 3 aromatic rings. The summed E-state index contributed by atoms with van der Waals surface area (Å²) in [4.78, 5) is 41.7. The van der Waals surface area contributed by atoms with Crippen molar-refractivity contribution in [2.24, 2.45) is 17.6 Å². The summed E-state index contributed by atoms with van der Waals surface area (Å²) < 4.78 is 20.8. The van der Waals surface area contributed by atoms with Gasteiger partial charge in [-0.15, -0.1) is 0 Å². The van der Waals surface area contributed by atoms with Crippen LogP contribution in [-0.2, 0) is 27.2 Å². The molecule has 2 unspecified atom stereocenters. The van der Waals surface area contributed by atoms with E-state index >= 15 is 4.39 Å².